The standard InChI is InChI=1S/C24H26N2O5/c1-16(26-22(28)19-9-5-6-10-20(19)23(26)29)24(30)31-15-21(27)25-13-11-18(12-14-25)17-7-3-2-4-8-17/h2-8,11,16,19-20H,9-10,12-15H2,1H3/t16-,19-,20-/m0/s1. The number of imide groups is 1. The first-order chi connectivity index (χ1) is 15.0. The Balaban J connectivity index is 1.30. The molecule has 0 unspecified atom stereocenters. The van der Waals surface area contributed by atoms with Crippen LogP contribution in [0.5, 0.6) is 0 Å². The minimum atomic E-state index is -1.04. The summed E-state index contributed by atoms with van der Waals surface area (Å²) in [4.78, 5) is 52.8. The van der Waals surface area contributed by atoms with Gasteiger partial charge in [-0.05, 0) is 37.3 Å². The molecule has 0 spiro atoms. The second-order valence-corrected chi connectivity index (χ2v) is 8.17. The van der Waals surface area contributed by atoms with Crippen LogP contribution in [-0.2, 0) is 23.9 Å². The number of nitrogens with zero attached hydrogens (tertiary/aromatic N) is 2. The van der Waals surface area contributed by atoms with E-state index in [1.807, 2.05) is 48.6 Å². The normalized spacial score (nSPS) is 24.0. The minimum absolute atomic E-state index is 0.291. The Kier molecular flexibility index (Phi) is 6.02. The van der Waals surface area contributed by atoms with E-state index in [0.29, 0.717) is 25.9 Å². The van der Waals surface area contributed by atoms with Crippen LogP contribution < -0.4 is 0 Å². The molecule has 1 fully saturated rings. The average Bonchev–Trinajstić information content (AvgIpc) is 3.07. The predicted octanol–water partition coefficient (Wildman–Crippen LogP) is 2.19. The number of benzene rings is 1. The Hall–Kier alpha value is -3.22. The first kappa shape index (κ1) is 21.0. The quantitative estimate of drug-likeness (QED) is 0.413. The maximum Gasteiger partial charge on any atom is 0.329 e. The van der Waals surface area contributed by atoms with Crippen molar-refractivity contribution in [1.29, 1.82) is 0 Å². The maximum absolute atomic E-state index is 12.6. The Bertz CT molecular complexity index is 926. The van der Waals surface area contributed by atoms with E-state index in [4.69, 9.17) is 4.74 Å². The van der Waals surface area contributed by atoms with Gasteiger partial charge in [-0.2, -0.15) is 0 Å². The third kappa shape index (κ3) is 4.17. The van der Waals surface area contributed by atoms with Crippen LogP contribution in [0.3, 0.4) is 0 Å². The lowest BCUT2D eigenvalue weighted by atomic mass is 9.85. The van der Waals surface area contributed by atoms with Gasteiger partial charge in [0.1, 0.15) is 6.04 Å². The van der Waals surface area contributed by atoms with Crippen molar-refractivity contribution in [1.82, 2.24) is 9.80 Å². The number of likely N-dealkylation sites (tertiary alicyclic amines) is 1. The fourth-order valence-electron chi connectivity index (χ4n) is 4.47. The summed E-state index contributed by atoms with van der Waals surface area (Å²) in [6.07, 6.45) is 7.56. The van der Waals surface area contributed by atoms with Gasteiger partial charge in [-0.1, -0.05) is 48.6 Å². The lowest BCUT2D eigenvalue weighted by molar-refractivity contribution is -0.161. The first-order valence-electron chi connectivity index (χ1n) is 10.7. The Morgan fingerprint density at radius 2 is 1.71 bits per heavy atom. The second-order valence-electron chi connectivity index (χ2n) is 8.17. The summed E-state index contributed by atoms with van der Waals surface area (Å²) in [6.45, 7) is 2.08. The molecule has 1 aliphatic carbocycles. The molecule has 3 aliphatic rings. The van der Waals surface area contributed by atoms with Crippen LogP contribution in [0, 0.1) is 11.8 Å². The van der Waals surface area contributed by atoms with E-state index >= 15 is 0 Å². The molecule has 0 N–H and O–H groups in total. The van der Waals surface area contributed by atoms with E-state index in [2.05, 4.69) is 0 Å². The Morgan fingerprint density at radius 3 is 2.29 bits per heavy atom. The molecule has 3 atom stereocenters. The van der Waals surface area contributed by atoms with Crippen molar-refractivity contribution in [3.05, 3.63) is 54.1 Å². The first-order valence-corrected chi connectivity index (χ1v) is 10.7. The van der Waals surface area contributed by atoms with Crippen molar-refractivity contribution in [2.24, 2.45) is 11.8 Å². The monoisotopic (exact) mass is 422 g/mol. The highest BCUT2D eigenvalue weighted by Crippen LogP contribution is 2.36. The summed E-state index contributed by atoms with van der Waals surface area (Å²) >= 11 is 0. The molecule has 2 aliphatic heterocycles. The summed E-state index contributed by atoms with van der Waals surface area (Å²) < 4.78 is 5.18. The van der Waals surface area contributed by atoms with Crippen LogP contribution in [0.1, 0.15) is 31.7 Å². The fraction of sp³-hybridized carbons (Fsp3) is 0.417. The molecule has 1 aromatic rings. The molecule has 0 radical (unpaired) electrons. The van der Waals surface area contributed by atoms with Crippen molar-refractivity contribution >= 4 is 29.3 Å². The number of amides is 3. The summed E-state index contributed by atoms with van der Waals surface area (Å²) in [6, 6.07) is 8.97. The van der Waals surface area contributed by atoms with E-state index in [1.165, 1.54) is 12.5 Å². The number of ether oxygens (including phenoxy) is 1. The molecule has 0 saturated carbocycles. The number of rotatable bonds is 5. The molecule has 2 heterocycles. The lowest BCUT2D eigenvalue weighted by Crippen LogP contribution is -2.45. The summed E-state index contributed by atoms with van der Waals surface area (Å²) in [5, 5.41) is 0. The van der Waals surface area contributed by atoms with Crippen LogP contribution in [0.4, 0.5) is 0 Å². The molecule has 0 aromatic heterocycles. The predicted molar refractivity (Wildman–Crippen MR) is 113 cm³/mol. The van der Waals surface area contributed by atoms with Gasteiger partial charge in [-0.25, -0.2) is 4.79 Å². The summed E-state index contributed by atoms with van der Waals surface area (Å²) in [5.74, 6) is -2.48. The van der Waals surface area contributed by atoms with Gasteiger partial charge in [0.2, 0.25) is 11.8 Å². The lowest BCUT2D eigenvalue weighted by Gasteiger charge is -2.27. The van der Waals surface area contributed by atoms with E-state index in [9.17, 15) is 19.2 Å². The van der Waals surface area contributed by atoms with Gasteiger partial charge in [0.05, 0.1) is 11.8 Å². The minimum Gasteiger partial charge on any atom is -0.454 e. The zero-order valence-corrected chi connectivity index (χ0v) is 17.5. The van der Waals surface area contributed by atoms with Crippen LogP contribution in [0.25, 0.3) is 5.57 Å². The highest BCUT2D eigenvalue weighted by Gasteiger charge is 2.50. The van der Waals surface area contributed by atoms with Crippen LogP contribution in [0.2, 0.25) is 0 Å². The van der Waals surface area contributed by atoms with Crippen molar-refractivity contribution < 1.29 is 23.9 Å². The number of carbonyl (C=O) groups is 4. The number of carbonyl (C=O) groups excluding carboxylic acids is 4. The van der Waals surface area contributed by atoms with Crippen molar-refractivity contribution in [2.45, 2.75) is 32.2 Å². The van der Waals surface area contributed by atoms with Gasteiger partial charge in [-0.3, -0.25) is 19.3 Å². The largest absolute Gasteiger partial charge is 0.454 e. The van der Waals surface area contributed by atoms with Crippen LogP contribution in [-0.4, -0.2) is 59.2 Å². The molecule has 1 saturated heterocycles. The Labute approximate surface area is 181 Å². The van der Waals surface area contributed by atoms with Gasteiger partial charge in [0, 0.05) is 13.1 Å². The molecule has 1 aromatic carbocycles. The molecule has 7 heteroatoms. The van der Waals surface area contributed by atoms with Gasteiger partial charge in [0.25, 0.3) is 5.91 Å². The maximum atomic E-state index is 12.6. The zero-order valence-electron chi connectivity index (χ0n) is 17.5. The van der Waals surface area contributed by atoms with Gasteiger partial charge >= 0.3 is 5.97 Å². The Morgan fingerprint density at radius 1 is 1.06 bits per heavy atom. The summed E-state index contributed by atoms with van der Waals surface area (Å²) in [7, 11) is 0. The van der Waals surface area contributed by atoms with Gasteiger partial charge in [-0.15, -0.1) is 0 Å². The molecule has 162 valence electrons. The molecule has 3 amide bonds. The summed E-state index contributed by atoms with van der Waals surface area (Å²) in [5.41, 5.74) is 2.34. The second kappa shape index (κ2) is 8.88. The van der Waals surface area contributed by atoms with E-state index in [1.54, 1.807) is 4.90 Å². The molecule has 4 rings (SSSR count). The number of fused-ring (bicyclic) bond motifs is 1. The van der Waals surface area contributed by atoms with Gasteiger partial charge in [0.15, 0.2) is 6.61 Å². The van der Waals surface area contributed by atoms with E-state index < -0.39 is 30.5 Å². The zero-order chi connectivity index (χ0) is 22.0. The van der Waals surface area contributed by atoms with Crippen molar-refractivity contribution in [3.8, 4) is 0 Å². The SMILES string of the molecule is C[C@@H](C(=O)OCC(=O)N1CC=C(c2ccccc2)CC1)N1C(=O)[C@H]2CC=CC[C@@H]2C1=O. The van der Waals surface area contributed by atoms with Gasteiger partial charge < -0.3 is 9.64 Å². The topological polar surface area (TPSA) is 84.0 Å². The van der Waals surface area contributed by atoms with E-state index in [-0.39, 0.29) is 17.7 Å². The third-order valence-corrected chi connectivity index (χ3v) is 6.31. The van der Waals surface area contributed by atoms with Crippen LogP contribution in [0.15, 0.2) is 48.6 Å². The smallest absolute Gasteiger partial charge is 0.329 e. The molecular formula is C24H26N2O5. The highest BCUT2D eigenvalue weighted by atomic mass is 16.5. The molecule has 31 heavy (non-hydrogen) atoms. The van der Waals surface area contributed by atoms with Crippen molar-refractivity contribution in [2.75, 3.05) is 19.7 Å². The molecular weight excluding hydrogens is 396 g/mol. The number of allylic oxidation sites excluding steroid dienone is 2. The highest BCUT2D eigenvalue weighted by molar-refractivity contribution is 6.08. The molecule has 7 nitrogen and oxygen atoms in total. The molecule has 0 bridgehead atoms. The third-order valence-electron chi connectivity index (χ3n) is 6.31. The average molecular weight is 422 g/mol. The van der Waals surface area contributed by atoms with E-state index in [0.717, 1.165) is 16.9 Å². The van der Waals surface area contributed by atoms with Crippen LogP contribution >= 0.6 is 0 Å². The number of esters is 1. The fourth-order valence-corrected chi connectivity index (χ4v) is 4.47. The number of hydrogen-bond donors (Lipinski definition) is 0. The van der Waals surface area contributed by atoms with Crippen molar-refractivity contribution in [3.63, 3.8) is 0 Å². The number of hydrogen-bond acceptors (Lipinski definition) is 5.